The molecule has 0 aromatic carbocycles. The fraction of sp³-hybridized carbons (Fsp3) is 0.308. The molecule has 0 unspecified atom stereocenters. The Kier molecular flexibility index (Phi) is 7.35. The lowest BCUT2D eigenvalue weighted by Crippen LogP contribution is -2.45. The number of amides is 1. The van der Waals surface area contributed by atoms with Gasteiger partial charge in [-0.25, -0.2) is 4.68 Å². The normalized spacial score (nSPS) is 10.2. The van der Waals surface area contributed by atoms with Crippen LogP contribution in [0.2, 0.25) is 0 Å². The summed E-state index contributed by atoms with van der Waals surface area (Å²) in [5.74, 6) is -0.243. The van der Waals surface area contributed by atoms with Crippen molar-refractivity contribution < 1.29 is 4.79 Å². The van der Waals surface area contributed by atoms with E-state index in [9.17, 15) is 4.79 Å². The largest absolute Gasteiger partial charge is 0.349 e. The Balaban J connectivity index is 0.00000200. The maximum atomic E-state index is 12.0. The van der Waals surface area contributed by atoms with E-state index in [1.807, 2.05) is 19.9 Å². The molecule has 2 aromatic heterocycles. The first kappa shape index (κ1) is 19.4. The van der Waals surface area contributed by atoms with Crippen LogP contribution >= 0.6 is 24.8 Å². The molecular weight excluding hydrogens is 313 g/mol. The van der Waals surface area contributed by atoms with Gasteiger partial charge in [-0.2, -0.15) is 5.10 Å². The second kappa shape index (κ2) is 7.97. The third-order valence-corrected chi connectivity index (χ3v) is 2.45. The van der Waals surface area contributed by atoms with E-state index in [1.54, 1.807) is 35.4 Å². The van der Waals surface area contributed by atoms with Crippen molar-refractivity contribution in [1.82, 2.24) is 20.1 Å². The predicted octanol–water partition coefficient (Wildman–Crippen LogP) is 1.58. The van der Waals surface area contributed by atoms with Gasteiger partial charge in [0.25, 0.3) is 5.91 Å². The number of carbonyl (C=O) groups excluding carboxylic acids is 1. The zero-order valence-corrected chi connectivity index (χ0v) is 13.4. The Hall–Kier alpha value is -1.63. The molecule has 21 heavy (non-hydrogen) atoms. The molecule has 0 aliphatic rings. The van der Waals surface area contributed by atoms with E-state index >= 15 is 0 Å². The molecule has 0 aliphatic heterocycles. The van der Waals surface area contributed by atoms with Crippen LogP contribution in [-0.4, -0.2) is 32.8 Å². The molecule has 0 saturated carbocycles. The number of hydrogen-bond acceptors (Lipinski definition) is 4. The van der Waals surface area contributed by atoms with Crippen LogP contribution in [0.1, 0.15) is 24.3 Å². The van der Waals surface area contributed by atoms with Crippen molar-refractivity contribution in [3.8, 4) is 5.69 Å². The van der Waals surface area contributed by atoms with Crippen molar-refractivity contribution in [3.05, 3.63) is 42.5 Å². The van der Waals surface area contributed by atoms with Gasteiger partial charge in [-0.1, -0.05) is 0 Å². The standard InChI is InChI=1S/C13H17N5O.2ClH/c1-13(2,14)9-16-12(19)11-8-10(4-6-15-11)18-7-3-5-17-18;;/h3-8H,9,14H2,1-2H3,(H,16,19);2*1H. The van der Waals surface area contributed by atoms with Gasteiger partial charge in [0.15, 0.2) is 0 Å². The van der Waals surface area contributed by atoms with Gasteiger partial charge >= 0.3 is 0 Å². The van der Waals surface area contributed by atoms with E-state index in [0.717, 1.165) is 5.69 Å². The van der Waals surface area contributed by atoms with E-state index in [4.69, 9.17) is 5.73 Å². The molecular formula is C13H19Cl2N5O. The van der Waals surface area contributed by atoms with Crippen LogP contribution in [0.15, 0.2) is 36.8 Å². The zero-order chi connectivity index (χ0) is 13.9. The Morgan fingerprint density at radius 1 is 1.38 bits per heavy atom. The van der Waals surface area contributed by atoms with Crippen molar-refractivity contribution in [3.63, 3.8) is 0 Å². The van der Waals surface area contributed by atoms with Gasteiger partial charge in [-0.05, 0) is 32.0 Å². The Morgan fingerprint density at radius 2 is 2.10 bits per heavy atom. The molecule has 0 bridgehead atoms. The number of carbonyl (C=O) groups is 1. The summed E-state index contributed by atoms with van der Waals surface area (Å²) in [5.41, 5.74) is 6.50. The van der Waals surface area contributed by atoms with Crippen molar-refractivity contribution in [2.75, 3.05) is 6.54 Å². The molecule has 0 saturated heterocycles. The molecule has 2 heterocycles. The number of hydrogen-bond donors (Lipinski definition) is 2. The minimum absolute atomic E-state index is 0. The minimum atomic E-state index is -0.449. The Morgan fingerprint density at radius 3 is 2.67 bits per heavy atom. The second-order valence-electron chi connectivity index (χ2n) is 5.02. The van der Waals surface area contributed by atoms with E-state index in [2.05, 4.69) is 15.4 Å². The third-order valence-electron chi connectivity index (χ3n) is 2.45. The maximum Gasteiger partial charge on any atom is 0.270 e. The van der Waals surface area contributed by atoms with Gasteiger partial charge in [-0.3, -0.25) is 9.78 Å². The summed E-state index contributed by atoms with van der Waals surface area (Å²) in [4.78, 5) is 16.0. The van der Waals surface area contributed by atoms with Crippen LogP contribution in [0.3, 0.4) is 0 Å². The number of rotatable bonds is 4. The number of pyridine rings is 1. The van der Waals surface area contributed by atoms with Gasteiger partial charge in [0.1, 0.15) is 5.69 Å². The van der Waals surface area contributed by atoms with Crippen LogP contribution in [0.5, 0.6) is 0 Å². The van der Waals surface area contributed by atoms with Crippen LogP contribution in [0, 0.1) is 0 Å². The topological polar surface area (TPSA) is 85.8 Å². The summed E-state index contributed by atoms with van der Waals surface area (Å²) in [6, 6.07) is 5.29. The molecule has 6 nitrogen and oxygen atoms in total. The summed E-state index contributed by atoms with van der Waals surface area (Å²) in [5, 5.41) is 6.86. The first-order valence-corrected chi connectivity index (χ1v) is 5.99. The smallest absolute Gasteiger partial charge is 0.270 e. The number of nitrogens with one attached hydrogen (secondary N) is 1. The summed E-state index contributed by atoms with van der Waals surface area (Å²) in [6.45, 7) is 4.08. The summed E-state index contributed by atoms with van der Waals surface area (Å²) < 4.78 is 1.67. The SMILES string of the molecule is CC(C)(N)CNC(=O)c1cc(-n2cccn2)ccn1.Cl.Cl. The fourth-order valence-corrected chi connectivity index (χ4v) is 1.51. The molecule has 1 amide bonds. The zero-order valence-electron chi connectivity index (χ0n) is 11.8. The van der Waals surface area contributed by atoms with Crippen LogP contribution in [0.4, 0.5) is 0 Å². The number of nitrogens with zero attached hydrogens (tertiary/aromatic N) is 3. The molecule has 8 heteroatoms. The molecule has 0 fully saturated rings. The highest BCUT2D eigenvalue weighted by molar-refractivity contribution is 5.92. The van der Waals surface area contributed by atoms with Crippen molar-refractivity contribution in [1.29, 1.82) is 0 Å². The highest BCUT2D eigenvalue weighted by atomic mass is 35.5. The van der Waals surface area contributed by atoms with E-state index in [1.165, 1.54) is 0 Å². The fourth-order valence-electron chi connectivity index (χ4n) is 1.51. The molecule has 0 aliphatic carbocycles. The molecule has 0 atom stereocenters. The Labute approximate surface area is 135 Å². The van der Waals surface area contributed by atoms with Crippen molar-refractivity contribution in [2.24, 2.45) is 5.73 Å². The third kappa shape index (κ3) is 5.71. The van der Waals surface area contributed by atoms with Gasteiger partial charge < -0.3 is 11.1 Å². The van der Waals surface area contributed by atoms with Crippen molar-refractivity contribution >= 4 is 30.7 Å². The molecule has 2 rings (SSSR count). The van der Waals surface area contributed by atoms with E-state index < -0.39 is 5.54 Å². The predicted molar refractivity (Wildman–Crippen MR) is 86.5 cm³/mol. The van der Waals surface area contributed by atoms with E-state index in [-0.39, 0.29) is 30.7 Å². The summed E-state index contributed by atoms with van der Waals surface area (Å²) in [6.07, 6.45) is 5.07. The van der Waals surface area contributed by atoms with E-state index in [0.29, 0.717) is 12.2 Å². The number of aromatic nitrogens is 3. The molecule has 116 valence electrons. The first-order valence-electron chi connectivity index (χ1n) is 5.99. The summed E-state index contributed by atoms with van der Waals surface area (Å²) in [7, 11) is 0. The van der Waals surface area contributed by atoms with Gasteiger partial charge in [0.2, 0.25) is 0 Å². The van der Waals surface area contributed by atoms with Crippen LogP contribution in [-0.2, 0) is 0 Å². The highest BCUT2D eigenvalue weighted by Gasteiger charge is 2.14. The highest BCUT2D eigenvalue weighted by Crippen LogP contribution is 2.07. The Bertz CT molecular complexity index is 566. The van der Waals surface area contributed by atoms with Gasteiger partial charge in [0.05, 0.1) is 5.69 Å². The average Bonchev–Trinajstić information content (AvgIpc) is 2.89. The lowest BCUT2D eigenvalue weighted by molar-refractivity contribution is 0.0941. The van der Waals surface area contributed by atoms with Gasteiger partial charge in [-0.15, -0.1) is 24.8 Å². The lowest BCUT2D eigenvalue weighted by atomic mass is 10.1. The van der Waals surface area contributed by atoms with Crippen LogP contribution < -0.4 is 11.1 Å². The average molecular weight is 332 g/mol. The number of halogens is 2. The van der Waals surface area contributed by atoms with Gasteiger partial charge in [0, 0.05) is 30.7 Å². The number of nitrogens with two attached hydrogens (primary N) is 1. The molecule has 3 N–H and O–H groups in total. The molecule has 2 aromatic rings. The molecule has 0 radical (unpaired) electrons. The molecule has 0 spiro atoms. The summed E-state index contributed by atoms with van der Waals surface area (Å²) >= 11 is 0. The first-order chi connectivity index (χ1) is 8.96. The lowest BCUT2D eigenvalue weighted by Gasteiger charge is -2.18. The maximum absolute atomic E-state index is 12.0. The monoisotopic (exact) mass is 331 g/mol. The van der Waals surface area contributed by atoms with Crippen molar-refractivity contribution in [2.45, 2.75) is 19.4 Å². The quantitative estimate of drug-likeness (QED) is 0.890. The van der Waals surface area contributed by atoms with Crippen LogP contribution in [0.25, 0.3) is 5.69 Å². The second-order valence-corrected chi connectivity index (χ2v) is 5.02. The minimum Gasteiger partial charge on any atom is -0.349 e.